The van der Waals surface area contributed by atoms with Crippen LogP contribution in [-0.2, 0) is 25.2 Å². The summed E-state index contributed by atoms with van der Waals surface area (Å²) in [6, 6.07) is 4.62. The maximum Gasteiger partial charge on any atom is 0.248 e. The minimum Gasteiger partial charge on any atom is -0.385 e. The molecule has 0 saturated carbocycles. The van der Waals surface area contributed by atoms with E-state index in [1.807, 2.05) is 6.07 Å². The van der Waals surface area contributed by atoms with Gasteiger partial charge in [-0.2, -0.15) is 4.31 Å². The largest absolute Gasteiger partial charge is 0.385 e. The Balaban J connectivity index is 1.29. The van der Waals surface area contributed by atoms with Gasteiger partial charge in [-0.25, -0.2) is 8.42 Å². The average molecular weight is 534 g/mol. The molecule has 2 fully saturated rings. The number of hydrogen-bond donors (Lipinski definition) is 1. The quantitative estimate of drug-likeness (QED) is 0.586. The van der Waals surface area contributed by atoms with Crippen LogP contribution >= 0.6 is 34.5 Å². The molecule has 4 heterocycles. The second-order valence-electron chi connectivity index (χ2n) is 8.27. The molecular formula is C21H25Cl2N3O5S2. The van der Waals surface area contributed by atoms with Gasteiger partial charge in [0.1, 0.15) is 15.8 Å². The number of hydrogen-bond acceptors (Lipinski definition) is 7. The summed E-state index contributed by atoms with van der Waals surface area (Å²) in [4.78, 5) is 18.4. The number of thiophene rings is 1. The molecule has 0 aromatic carbocycles. The highest BCUT2D eigenvalue weighted by atomic mass is 35.5. The first-order chi connectivity index (χ1) is 15.7. The number of halogens is 2. The number of carbonyl (C=O) groups is 1. The number of carbonyl (C=O) groups excluding carboxylic acids is 1. The summed E-state index contributed by atoms with van der Waals surface area (Å²) >= 11 is 13.0. The van der Waals surface area contributed by atoms with Crippen LogP contribution in [0.4, 0.5) is 0 Å². The second kappa shape index (κ2) is 10.2. The van der Waals surface area contributed by atoms with Gasteiger partial charge < -0.3 is 14.7 Å². The van der Waals surface area contributed by atoms with Crippen LogP contribution in [0, 0.1) is 0 Å². The Morgan fingerprint density at radius 2 is 2.06 bits per heavy atom. The highest BCUT2D eigenvalue weighted by Gasteiger charge is 2.38. The number of likely N-dealkylation sites (tertiary alicyclic amines) is 1. The Kier molecular flexibility index (Phi) is 7.64. The van der Waals surface area contributed by atoms with Gasteiger partial charge in [0, 0.05) is 43.6 Å². The molecule has 2 aliphatic heterocycles. The fourth-order valence-corrected chi connectivity index (χ4v) is 8.14. The number of nitrogens with zero attached hydrogens (tertiary/aromatic N) is 3. The molecule has 1 atom stereocenters. The fraction of sp³-hybridized carbons (Fsp3) is 0.524. The van der Waals surface area contributed by atoms with E-state index in [2.05, 4.69) is 4.98 Å². The molecule has 0 bridgehead atoms. The lowest BCUT2D eigenvalue weighted by Crippen LogP contribution is -2.46. The molecule has 33 heavy (non-hydrogen) atoms. The molecular weight excluding hydrogens is 509 g/mol. The minimum atomic E-state index is -3.79. The van der Waals surface area contributed by atoms with Crippen LogP contribution in [0.3, 0.4) is 0 Å². The van der Waals surface area contributed by atoms with Gasteiger partial charge in [0.2, 0.25) is 15.9 Å². The third-order valence-corrected chi connectivity index (χ3v) is 9.92. The topological polar surface area (TPSA) is 100 Å². The first kappa shape index (κ1) is 24.8. The van der Waals surface area contributed by atoms with Gasteiger partial charge in [0.05, 0.1) is 16.5 Å². The van der Waals surface area contributed by atoms with Crippen molar-refractivity contribution in [2.24, 2.45) is 0 Å². The SMILES string of the molecule is O=C(COCC1CCCN1S(=O)(=O)c1cc(Cl)sc1Cl)N1CCC(O)(c2cccnc2)CC1. The molecule has 0 radical (unpaired) electrons. The van der Waals surface area contributed by atoms with Gasteiger partial charge in [0.15, 0.2) is 0 Å². The molecule has 2 saturated heterocycles. The van der Waals surface area contributed by atoms with E-state index < -0.39 is 15.6 Å². The number of sulfonamides is 1. The van der Waals surface area contributed by atoms with Gasteiger partial charge in [-0.15, -0.1) is 11.3 Å². The Bertz CT molecular complexity index is 1090. The van der Waals surface area contributed by atoms with Crippen LogP contribution in [0.15, 0.2) is 35.5 Å². The van der Waals surface area contributed by atoms with E-state index in [1.54, 1.807) is 23.4 Å². The number of ether oxygens (including phenoxy) is 1. The summed E-state index contributed by atoms with van der Waals surface area (Å²) in [7, 11) is -3.79. The first-order valence-electron chi connectivity index (χ1n) is 10.7. The van der Waals surface area contributed by atoms with Crippen molar-refractivity contribution in [3.8, 4) is 0 Å². The van der Waals surface area contributed by atoms with E-state index >= 15 is 0 Å². The standard InChI is InChI=1S/C21H25Cl2N3O5S2/c22-18-11-17(20(23)32-18)33(29,30)26-8-2-4-16(26)13-31-14-19(27)25-9-5-21(28,6-10-25)15-3-1-7-24-12-15/h1,3,7,11-12,16,28H,2,4-6,8-10,13-14H2. The molecule has 12 heteroatoms. The molecule has 1 N–H and O–H groups in total. The molecule has 0 spiro atoms. The van der Waals surface area contributed by atoms with Crippen LogP contribution < -0.4 is 0 Å². The van der Waals surface area contributed by atoms with Crippen LogP contribution in [0.1, 0.15) is 31.2 Å². The minimum absolute atomic E-state index is 0.0107. The number of amides is 1. The van der Waals surface area contributed by atoms with Crippen molar-refractivity contribution in [3.63, 3.8) is 0 Å². The Morgan fingerprint density at radius 3 is 2.70 bits per heavy atom. The third-order valence-electron chi connectivity index (χ3n) is 6.21. The number of piperidine rings is 1. The molecule has 180 valence electrons. The highest BCUT2D eigenvalue weighted by molar-refractivity contribution is 7.89. The number of aromatic nitrogens is 1. The molecule has 1 unspecified atom stereocenters. The van der Waals surface area contributed by atoms with Crippen LogP contribution in [-0.4, -0.2) is 72.5 Å². The lowest BCUT2D eigenvalue weighted by atomic mass is 9.85. The highest BCUT2D eigenvalue weighted by Crippen LogP contribution is 2.38. The monoisotopic (exact) mass is 533 g/mol. The fourth-order valence-electron chi connectivity index (χ4n) is 4.35. The maximum absolute atomic E-state index is 13.0. The zero-order valence-corrected chi connectivity index (χ0v) is 21.0. The second-order valence-corrected chi connectivity index (χ2v) is 12.4. The van der Waals surface area contributed by atoms with E-state index in [0.717, 1.165) is 16.9 Å². The first-order valence-corrected chi connectivity index (χ1v) is 13.7. The number of aliphatic hydroxyl groups is 1. The van der Waals surface area contributed by atoms with Gasteiger partial charge >= 0.3 is 0 Å². The average Bonchev–Trinajstić information content (AvgIpc) is 3.41. The summed E-state index contributed by atoms with van der Waals surface area (Å²) in [5.74, 6) is -0.177. The van der Waals surface area contributed by atoms with Gasteiger partial charge in [-0.1, -0.05) is 29.3 Å². The lowest BCUT2D eigenvalue weighted by molar-refractivity contribution is -0.141. The Labute approximate surface area is 207 Å². The van der Waals surface area contributed by atoms with E-state index in [1.165, 1.54) is 10.4 Å². The molecule has 2 aromatic rings. The van der Waals surface area contributed by atoms with Crippen molar-refractivity contribution in [2.45, 2.75) is 42.2 Å². The molecule has 4 rings (SSSR count). The Morgan fingerprint density at radius 1 is 1.30 bits per heavy atom. The zero-order chi connectivity index (χ0) is 23.6. The van der Waals surface area contributed by atoms with Gasteiger partial charge in [0.25, 0.3) is 0 Å². The maximum atomic E-state index is 13.0. The predicted molar refractivity (Wildman–Crippen MR) is 126 cm³/mol. The van der Waals surface area contributed by atoms with Crippen molar-refractivity contribution in [3.05, 3.63) is 44.8 Å². The smallest absolute Gasteiger partial charge is 0.248 e. The summed E-state index contributed by atoms with van der Waals surface area (Å²) in [6.07, 6.45) is 5.50. The van der Waals surface area contributed by atoms with E-state index in [4.69, 9.17) is 27.9 Å². The van der Waals surface area contributed by atoms with Crippen molar-refractivity contribution < 1.29 is 23.1 Å². The van der Waals surface area contributed by atoms with E-state index in [-0.39, 0.29) is 34.4 Å². The summed E-state index contributed by atoms with van der Waals surface area (Å²) in [6.45, 7) is 1.17. The normalized spacial score (nSPS) is 21.4. The molecule has 8 nitrogen and oxygen atoms in total. The number of rotatable bonds is 7. The zero-order valence-electron chi connectivity index (χ0n) is 17.8. The number of pyridine rings is 1. The summed E-state index contributed by atoms with van der Waals surface area (Å²) < 4.78 is 33.5. The van der Waals surface area contributed by atoms with Crippen LogP contribution in [0.5, 0.6) is 0 Å². The van der Waals surface area contributed by atoms with Gasteiger partial charge in [-0.05, 0) is 37.8 Å². The van der Waals surface area contributed by atoms with Crippen molar-refractivity contribution in [2.75, 3.05) is 32.8 Å². The van der Waals surface area contributed by atoms with Crippen molar-refractivity contribution in [1.29, 1.82) is 0 Å². The van der Waals surface area contributed by atoms with Crippen LogP contribution in [0.2, 0.25) is 8.67 Å². The molecule has 1 amide bonds. The summed E-state index contributed by atoms with van der Waals surface area (Å²) in [5.41, 5.74) is -0.237. The van der Waals surface area contributed by atoms with Crippen LogP contribution in [0.25, 0.3) is 0 Å². The van der Waals surface area contributed by atoms with Gasteiger partial charge in [-0.3, -0.25) is 9.78 Å². The molecule has 0 aliphatic carbocycles. The van der Waals surface area contributed by atoms with E-state index in [9.17, 15) is 18.3 Å². The van der Waals surface area contributed by atoms with Crippen molar-refractivity contribution >= 4 is 50.5 Å². The Hall–Kier alpha value is -1.27. The van der Waals surface area contributed by atoms with E-state index in [0.29, 0.717) is 49.7 Å². The van der Waals surface area contributed by atoms with Crippen molar-refractivity contribution in [1.82, 2.24) is 14.2 Å². The molecule has 2 aromatic heterocycles. The lowest BCUT2D eigenvalue weighted by Gasteiger charge is -2.38. The molecule has 2 aliphatic rings. The third kappa shape index (κ3) is 5.37. The summed E-state index contributed by atoms with van der Waals surface area (Å²) in [5, 5.41) is 10.9. The predicted octanol–water partition coefficient (Wildman–Crippen LogP) is 3.13.